The predicted octanol–water partition coefficient (Wildman–Crippen LogP) is 5.38. The van der Waals surface area contributed by atoms with Crippen molar-refractivity contribution in [1.29, 1.82) is 0 Å². The van der Waals surface area contributed by atoms with Gasteiger partial charge in [0.15, 0.2) is 6.29 Å². The molecule has 2 aromatic carbocycles. The third kappa shape index (κ3) is 7.89. The van der Waals surface area contributed by atoms with Crippen LogP contribution in [0.5, 0.6) is 5.75 Å². The maximum absolute atomic E-state index is 13.3. The number of hydrogen-bond donors (Lipinski definition) is 1. The first kappa shape index (κ1) is 31.5. The lowest BCUT2D eigenvalue weighted by Gasteiger charge is -2.42. The standard InChI is InChI=1S/C34H50N2O5/c1-26(28-10-8-9-11-28)36(25-33(39-3)40-4)32(38)17-23-41-22-16-27-14-15-31(37)30(24-27)34(18-20-35(2)21-19-34)29-12-6-5-7-13-29/h5-7,12-15,24,26,28,33,37H,8-11,16-23,25H2,1-4H3. The van der Waals surface area contributed by atoms with Crippen LogP contribution in [-0.2, 0) is 30.8 Å². The molecule has 1 saturated heterocycles. The first-order valence-electron chi connectivity index (χ1n) is 15.4. The Morgan fingerprint density at radius 1 is 1.05 bits per heavy atom. The van der Waals surface area contributed by atoms with Crippen LogP contribution in [0.2, 0.25) is 0 Å². The van der Waals surface area contributed by atoms with Crippen molar-refractivity contribution >= 4 is 5.91 Å². The number of carbonyl (C=O) groups is 1. The van der Waals surface area contributed by atoms with Gasteiger partial charge in [-0.05, 0) is 82.3 Å². The minimum absolute atomic E-state index is 0.0856. The molecule has 0 radical (unpaired) electrons. The van der Waals surface area contributed by atoms with Crippen molar-refractivity contribution in [3.05, 3.63) is 65.2 Å². The lowest BCUT2D eigenvalue weighted by atomic mass is 9.67. The van der Waals surface area contributed by atoms with Crippen LogP contribution in [0.3, 0.4) is 0 Å². The molecule has 226 valence electrons. The van der Waals surface area contributed by atoms with Gasteiger partial charge in [0.05, 0.1) is 26.2 Å². The third-order valence-corrected chi connectivity index (χ3v) is 9.50. The summed E-state index contributed by atoms with van der Waals surface area (Å²) >= 11 is 0. The molecule has 1 atom stereocenters. The van der Waals surface area contributed by atoms with Gasteiger partial charge in [0.1, 0.15) is 5.75 Å². The predicted molar refractivity (Wildman–Crippen MR) is 162 cm³/mol. The Bertz CT molecular complexity index is 1080. The largest absolute Gasteiger partial charge is 0.508 e. The number of ether oxygens (including phenoxy) is 3. The fraction of sp³-hybridized carbons (Fsp3) is 0.618. The second kappa shape index (κ2) is 15.1. The summed E-state index contributed by atoms with van der Waals surface area (Å²) in [5.41, 5.74) is 3.20. The number of piperidine rings is 1. The minimum atomic E-state index is -0.434. The van der Waals surface area contributed by atoms with Gasteiger partial charge in [-0.1, -0.05) is 55.3 Å². The monoisotopic (exact) mass is 566 g/mol. The molecule has 1 aliphatic heterocycles. The second-order valence-electron chi connectivity index (χ2n) is 11.9. The van der Waals surface area contributed by atoms with Gasteiger partial charge in [-0.3, -0.25) is 4.79 Å². The van der Waals surface area contributed by atoms with Crippen molar-refractivity contribution in [3.8, 4) is 5.75 Å². The number of aromatic hydroxyl groups is 1. The molecule has 4 rings (SSSR count). The number of phenolic OH excluding ortho intramolecular Hbond substituents is 1. The summed E-state index contributed by atoms with van der Waals surface area (Å²) in [6, 6.07) is 16.8. The van der Waals surface area contributed by atoms with Crippen molar-refractivity contribution in [2.45, 2.75) is 76.0 Å². The summed E-state index contributed by atoms with van der Waals surface area (Å²) in [6.45, 7) is 5.46. The van der Waals surface area contributed by atoms with Crippen molar-refractivity contribution in [1.82, 2.24) is 9.80 Å². The number of benzene rings is 2. The Balaban J connectivity index is 1.36. The van der Waals surface area contributed by atoms with Crippen molar-refractivity contribution in [2.24, 2.45) is 5.92 Å². The van der Waals surface area contributed by atoms with E-state index in [1.165, 1.54) is 31.2 Å². The molecule has 7 nitrogen and oxygen atoms in total. The molecule has 1 saturated carbocycles. The van der Waals surface area contributed by atoms with E-state index in [1.807, 2.05) is 23.1 Å². The van der Waals surface area contributed by atoms with Gasteiger partial charge in [0.25, 0.3) is 0 Å². The normalized spacial score (nSPS) is 18.6. The third-order valence-electron chi connectivity index (χ3n) is 9.50. The van der Waals surface area contributed by atoms with E-state index in [1.54, 1.807) is 14.2 Å². The van der Waals surface area contributed by atoms with Gasteiger partial charge in [0.2, 0.25) is 5.91 Å². The molecule has 0 aromatic heterocycles. The molecule has 1 unspecified atom stereocenters. The Morgan fingerprint density at radius 2 is 1.73 bits per heavy atom. The number of hydrogen-bond acceptors (Lipinski definition) is 6. The zero-order valence-electron chi connectivity index (χ0n) is 25.5. The van der Waals surface area contributed by atoms with Crippen LogP contribution in [0.1, 0.15) is 68.6 Å². The number of rotatable bonds is 14. The van der Waals surface area contributed by atoms with E-state index in [-0.39, 0.29) is 17.4 Å². The van der Waals surface area contributed by atoms with Crippen molar-refractivity contribution < 1.29 is 24.1 Å². The van der Waals surface area contributed by atoms with E-state index in [0.717, 1.165) is 43.5 Å². The van der Waals surface area contributed by atoms with Crippen LogP contribution in [-0.4, -0.2) is 87.3 Å². The number of phenols is 1. The maximum Gasteiger partial charge on any atom is 0.225 e. The van der Waals surface area contributed by atoms with Crippen LogP contribution in [0.15, 0.2) is 48.5 Å². The highest BCUT2D eigenvalue weighted by atomic mass is 16.7. The molecular weight excluding hydrogens is 516 g/mol. The van der Waals surface area contributed by atoms with Gasteiger partial charge in [-0.25, -0.2) is 0 Å². The second-order valence-corrected chi connectivity index (χ2v) is 11.9. The van der Waals surface area contributed by atoms with Crippen LogP contribution in [0.4, 0.5) is 0 Å². The zero-order chi connectivity index (χ0) is 29.2. The number of likely N-dealkylation sites (tertiary alicyclic amines) is 1. The Hall–Kier alpha value is -2.45. The van der Waals surface area contributed by atoms with Crippen molar-refractivity contribution in [2.75, 3.05) is 54.1 Å². The highest BCUT2D eigenvalue weighted by Gasteiger charge is 2.39. The van der Waals surface area contributed by atoms with Gasteiger partial charge >= 0.3 is 0 Å². The lowest BCUT2D eigenvalue weighted by molar-refractivity contribution is -0.151. The molecule has 1 aliphatic carbocycles. The summed E-state index contributed by atoms with van der Waals surface area (Å²) in [5.74, 6) is 0.972. The fourth-order valence-corrected chi connectivity index (χ4v) is 6.78. The summed E-state index contributed by atoms with van der Waals surface area (Å²) < 4.78 is 16.8. The van der Waals surface area contributed by atoms with Gasteiger partial charge in [-0.15, -0.1) is 0 Å². The number of methoxy groups -OCH3 is 2. The molecule has 41 heavy (non-hydrogen) atoms. The first-order chi connectivity index (χ1) is 19.9. The molecule has 1 N–H and O–H groups in total. The van der Waals surface area contributed by atoms with Gasteiger partial charge in [0, 0.05) is 31.2 Å². The maximum atomic E-state index is 13.3. The van der Waals surface area contributed by atoms with Gasteiger partial charge < -0.3 is 29.1 Å². The highest BCUT2D eigenvalue weighted by molar-refractivity contribution is 5.76. The Labute approximate surface area is 246 Å². The van der Waals surface area contributed by atoms with Crippen LogP contribution < -0.4 is 0 Å². The molecule has 0 spiro atoms. The van der Waals surface area contributed by atoms with E-state index in [4.69, 9.17) is 14.2 Å². The van der Waals surface area contributed by atoms with Crippen LogP contribution in [0.25, 0.3) is 0 Å². The molecule has 7 heteroatoms. The topological polar surface area (TPSA) is 71.5 Å². The first-order valence-corrected chi connectivity index (χ1v) is 15.4. The highest BCUT2D eigenvalue weighted by Crippen LogP contribution is 2.45. The summed E-state index contributed by atoms with van der Waals surface area (Å²) in [6.07, 6.45) is 7.37. The number of carbonyl (C=O) groups excluding carboxylic acids is 1. The van der Waals surface area contributed by atoms with E-state index in [0.29, 0.717) is 37.8 Å². The molecular formula is C34H50N2O5. The lowest BCUT2D eigenvalue weighted by Crippen LogP contribution is -2.47. The Morgan fingerprint density at radius 3 is 2.39 bits per heavy atom. The average Bonchev–Trinajstić information content (AvgIpc) is 3.54. The molecule has 2 aliphatic rings. The Kier molecular flexibility index (Phi) is 11.6. The molecule has 2 aromatic rings. The quantitative estimate of drug-likeness (QED) is 0.245. The van der Waals surface area contributed by atoms with E-state index < -0.39 is 6.29 Å². The van der Waals surface area contributed by atoms with Crippen molar-refractivity contribution in [3.63, 3.8) is 0 Å². The number of nitrogens with zero attached hydrogens (tertiary/aromatic N) is 2. The summed E-state index contributed by atoms with van der Waals surface area (Å²) in [4.78, 5) is 17.6. The average molecular weight is 567 g/mol. The number of amides is 1. The molecule has 0 bridgehead atoms. The fourth-order valence-electron chi connectivity index (χ4n) is 6.78. The van der Waals surface area contributed by atoms with Gasteiger partial charge in [-0.2, -0.15) is 0 Å². The van der Waals surface area contributed by atoms with E-state index in [2.05, 4.69) is 49.2 Å². The smallest absolute Gasteiger partial charge is 0.225 e. The van der Waals surface area contributed by atoms with Crippen LogP contribution in [0, 0.1) is 5.92 Å². The molecule has 1 amide bonds. The minimum Gasteiger partial charge on any atom is -0.508 e. The van der Waals surface area contributed by atoms with Crippen LogP contribution >= 0.6 is 0 Å². The zero-order valence-corrected chi connectivity index (χ0v) is 25.5. The summed E-state index contributed by atoms with van der Waals surface area (Å²) in [5, 5.41) is 11.0. The summed E-state index contributed by atoms with van der Waals surface area (Å²) in [7, 11) is 5.39. The van der Waals surface area contributed by atoms with E-state index in [9.17, 15) is 9.90 Å². The molecule has 1 heterocycles. The van der Waals surface area contributed by atoms with E-state index >= 15 is 0 Å². The SMILES string of the molecule is COC(CN(C(=O)CCOCCc1ccc(O)c(C2(c3ccccc3)CCN(C)CC2)c1)C(C)C1CCCC1)OC. The molecule has 2 fully saturated rings.